The molecule has 1 aromatic rings. The highest BCUT2D eigenvalue weighted by Crippen LogP contribution is 2.44. The predicted molar refractivity (Wildman–Crippen MR) is 102 cm³/mol. The number of hydrogen-bond donors (Lipinski definition) is 1. The Balaban J connectivity index is 1.41. The Labute approximate surface area is 161 Å². The van der Waals surface area contributed by atoms with Gasteiger partial charge in [0.1, 0.15) is 5.76 Å². The van der Waals surface area contributed by atoms with E-state index in [-0.39, 0.29) is 23.3 Å². The molecule has 1 N–H and O–H groups in total. The smallest absolute Gasteiger partial charge is 0.289 e. The maximum Gasteiger partial charge on any atom is 0.289 e. The summed E-state index contributed by atoms with van der Waals surface area (Å²) < 4.78 is 5.50. The molecule has 3 aliphatic rings. The molecule has 0 aromatic carbocycles. The first kappa shape index (κ1) is 18.5. The highest BCUT2D eigenvalue weighted by atomic mass is 16.3. The molecule has 27 heavy (non-hydrogen) atoms. The average molecular weight is 373 g/mol. The van der Waals surface area contributed by atoms with Gasteiger partial charge in [0.15, 0.2) is 5.76 Å². The molecule has 2 amide bonds. The molecule has 6 nitrogen and oxygen atoms in total. The number of furan rings is 1. The third kappa shape index (κ3) is 3.28. The van der Waals surface area contributed by atoms with E-state index >= 15 is 0 Å². The molecule has 148 valence electrons. The quantitative estimate of drug-likeness (QED) is 0.879. The topological polar surface area (TPSA) is 65.8 Å². The Morgan fingerprint density at radius 1 is 1.33 bits per heavy atom. The van der Waals surface area contributed by atoms with Gasteiger partial charge in [-0.15, -0.1) is 0 Å². The number of hydrogen-bond acceptors (Lipinski definition) is 4. The lowest BCUT2D eigenvalue weighted by Crippen LogP contribution is -2.56. The first-order chi connectivity index (χ1) is 12.9. The Bertz CT molecular complexity index is 720. The summed E-state index contributed by atoms with van der Waals surface area (Å²) in [6, 6.07) is 3.57. The lowest BCUT2D eigenvalue weighted by Gasteiger charge is -2.42. The fourth-order valence-electron chi connectivity index (χ4n) is 5.17. The molecule has 1 spiro atoms. The number of amides is 2. The fourth-order valence-corrected chi connectivity index (χ4v) is 5.17. The zero-order valence-corrected chi connectivity index (χ0v) is 16.7. The molecule has 0 unspecified atom stereocenters. The molecule has 3 saturated heterocycles. The van der Waals surface area contributed by atoms with Crippen molar-refractivity contribution in [2.45, 2.75) is 45.6 Å². The van der Waals surface area contributed by atoms with Crippen molar-refractivity contribution in [1.29, 1.82) is 0 Å². The number of nitrogens with one attached hydrogen (secondary N) is 1. The minimum absolute atomic E-state index is 0.0383. The van der Waals surface area contributed by atoms with Gasteiger partial charge in [-0.05, 0) is 37.8 Å². The van der Waals surface area contributed by atoms with Crippen LogP contribution in [0.4, 0.5) is 0 Å². The number of piperidine rings is 1. The van der Waals surface area contributed by atoms with Crippen molar-refractivity contribution in [3.8, 4) is 0 Å². The van der Waals surface area contributed by atoms with Crippen LogP contribution in [0.1, 0.15) is 49.4 Å². The summed E-state index contributed by atoms with van der Waals surface area (Å²) in [5.74, 6) is 2.50. The van der Waals surface area contributed by atoms with Gasteiger partial charge in [0.2, 0.25) is 5.91 Å². The van der Waals surface area contributed by atoms with Crippen LogP contribution >= 0.6 is 0 Å². The summed E-state index contributed by atoms with van der Waals surface area (Å²) >= 11 is 0. The van der Waals surface area contributed by atoms with E-state index in [0.717, 1.165) is 38.2 Å². The van der Waals surface area contributed by atoms with Crippen molar-refractivity contribution in [1.82, 2.24) is 15.1 Å². The maximum atomic E-state index is 12.7. The fraction of sp³-hybridized carbons (Fsp3) is 0.714. The summed E-state index contributed by atoms with van der Waals surface area (Å²) in [6.45, 7) is 10.7. The van der Waals surface area contributed by atoms with Gasteiger partial charge in [0, 0.05) is 44.2 Å². The Hall–Kier alpha value is -1.82. The lowest BCUT2D eigenvalue weighted by atomic mass is 9.75. The van der Waals surface area contributed by atoms with Gasteiger partial charge < -0.3 is 19.5 Å². The number of aryl methyl sites for hydroxylation is 1. The molecule has 0 aliphatic carbocycles. The second-order valence-corrected chi connectivity index (χ2v) is 8.79. The highest BCUT2D eigenvalue weighted by molar-refractivity contribution is 5.91. The molecule has 6 heteroatoms. The first-order valence-electron chi connectivity index (χ1n) is 10.3. The van der Waals surface area contributed by atoms with Crippen molar-refractivity contribution < 1.29 is 14.0 Å². The van der Waals surface area contributed by atoms with Gasteiger partial charge >= 0.3 is 0 Å². The van der Waals surface area contributed by atoms with Crippen molar-refractivity contribution in [2.75, 3.05) is 32.7 Å². The third-order valence-corrected chi connectivity index (χ3v) is 6.98. The van der Waals surface area contributed by atoms with E-state index in [1.807, 2.05) is 17.9 Å². The van der Waals surface area contributed by atoms with Crippen molar-refractivity contribution >= 4 is 11.8 Å². The van der Waals surface area contributed by atoms with Gasteiger partial charge in [-0.1, -0.05) is 20.3 Å². The molecule has 1 aromatic heterocycles. The third-order valence-electron chi connectivity index (χ3n) is 6.98. The molecular weight excluding hydrogens is 342 g/mol. The van der Waals surface area contributed by atoms with E-state index in [2.05, 4.69) is 24.1 Å². The molecule has 4 heterocycles. The van der Waals surface area contributed by atoms with Gasteiger partial charge in [0.05, 0.1) is 5.92 Å². The van der Waals surface area contributed by atoms with Crippen LogP contribution in [0, 0.1) is 24.7 Å². The van der Waals surface area contributed by atoms with Gasteiger partial charge in [-0.2, -0.15) is 0 Å². The molecular formula is C21H31N3O3. The Morgan fingerprint density at radius 2 is 2.07 bits per heavy atom. The summed E-state index contributed by atoms with van der Waals surface area (Å²) in [6.07, 6.45) is 2.84. The van der Waals surface area contributed by atoms with Crippen LogP contribution in [0.15, 0.2) is 16.5 Å². The van der Waals surface area contributed by atoms with Crippen LogP contribution in [-0.2, 0) is 4.79 Å². The Morgan fingerprint density at radius 3 is 2.70 bits per heavy atom. The predicted octanol–water partition coefficient (Wildman–Crippen LogP) is 2.29. The number of carbonyl (C=O) groups is 2. The lowest BCUT2D eigenvalue weighted by molar-refractivity contribution is -0.123. The van der Waals surface area contributed by atoms with Crippen LogP contribution in [0.3, 0.4) is 0 Å². The first-order valence-corrected chi connectivity index (χ1v) is 10.3. The number of rotatable bonds is 4. The summed E-state index contributed by atoms with van der Waals surface area (Å²) in [5, 5.41) is 3.34. The van der Waals surface area contributed by atoms with Gasteiger partial charge in [0.25, 0.3) is 5.91 Å². The standard InChI is InChI=1S/C21H31N3O3/c1-4-14(2)11-23-12-16-17(13-23)21(22-19(16)25)7-9-24(10-8-21)20(26)18-6-5-15(3)27-18/h5-6,14,16-17H,4,7-13H2,1-3H3,(H,22,25)/t14-,16-,17+/m1/s1. The molecule has 4 rings (SSSR count). The molecule has 0 bridgehead atoms. The number of fused-ring (bicyclic) bond motifs is 2. The number of carbonyl (C=O) groups excluding carboxylic acids is 2. The van der Waals surface area contributed by atoms with E-state index in [0.29, 0.717) is 30.7 Å². The van der Waals surface area contributed by atoms with Crippen molar-refractivity contribution in [3.05, 3.63) is 23.7 Å². The van der Waals surface area contributed by atoms with Crippen LogP contribution in [0.25, 0.3) is 0 Å². The molecule has 3 fully saturated rings. The summed E-state index contributed by atoms with van der Waals surface area (Å²) in [7, 11) is 0. The Kier molecular flexibility index (Phi) is 4.78. The van der Waals surface area contributed by atoms with Crippen LogP contribution < -0.4 is 5.32 Å². The zero-order valence-electron chi connectivity index (χ0n) is 16.7. The maximum absolute atomic E-state index is 12.7. The van der Waals surface area contributed by atoms with Crippen LogP contribution in [0.2, 0.25) is 0 Å². The number of nitrogens with zero attached hydrogens (tertiary/aromatic N) is 2. The van der Waals surface area contributed by atoms with E-state index in [4.69, 9.17) is 4.42 Å². The summed E-state index contributed by atoms with van der Waals surface area (Å²) in [4.78, 5) is 29.6. The monoisotopic (exact) mass is 373 g/mol. The minimum Gasteiger partial charge on any atom is -0.456 e. The average Bonchev–Trinajstić information content (AvgIpc) is 3.33. The molecule has 0 saturated carbocycles. The van der Waals surface area contributed by atoms with Crippen LogP contribution in [0.5, 0.6) is 0 Å². The second kappa shape index (κ2) is 6.97. The molecule has 3 aliphatic heterocycles. The van der Waals surface area contributed by atoms with Gasteiger partial charge in [-0.25, -0.2) is 0 Å². The van der Waals surface area contributed by atoms with E-state index < -0.39 is 0 Å². The molecule has 3 atom stereocenters. The highest BCUT2D eigenvalue weighted by Gasteiger charge is 2.57. The largest absolute Gasteiger partial charge is 0.456 e. The van der Waals surface area contributed by atoms with E-state index in [1.54, 1.807) is 6.07 Å². The van der Waals surface area contributed by atoms with Crippen molar-refractivity contribution in [3.63, 3.8) is 0 Å². The van der Waals surface area contributed by atoms with Crippen LogP contribution in [-0.4, -0.2) is 59.9 Å². The van der Waals surface area contributed by atoms with E-state index in [9.17, 15) is 9.59 Å². The second-order valence-electron chi connectivity index (χ2n) is 8.79. The molecule has 0 radical (unpaired) electrons. The normalized spacial score (nSPS) is 28.4. The van der Waals surface area contributed by atoms with Gasteiger partial charge in [-0.3, -0.25) is 9.59 Å². The summed E-state index contributed by atoms with van der Waals surface area (Å²) in [5.41, 5.74) is -0.137. The zero-order chi connectivity index (χ0) is 19.2. The number of likely N-dealkylation sites (tertiary alicyclic amines) is 2. The minimum atomic E-state index is -0.137. The van der Waals surface area contributed by atoms with E-state index in [1.165, 1.54) is 6.42 Å². The van der Waals surface area contributed by atoms with Crippen molar-refractivity contribution in [2.24, 2.45) is 17.8 Å². The SMILES string of the molecule is CC[C@@H](C)CN1C[C@H]2C(=O)NC3(CCN(C(=O)c4ccc(C)o4)CC3)[C@H]2C1.